The summed E-state index contributed by atoms with van der Waals surface area (Å²) in [4.78, 5) is 35.5. The Kier molecular flexibility index (Phi) is 6.18. The molecule has 4 heterocycles. The van der Waals surface area contributed by atoms with Crippen molar-refractivity contribution in [3.05, 3.63) is 44.7 Å². The number of carbonyl (C=O) groups is 1. The molecular formula is C22H26N4O3S2. The number of hydrogen-bond acceptors (Lipinski definition) is 7. The SMILES string of the molecule is CCCN1C(=O)/C(=C\c2c(N3C[C@H](C)O[C@@H](C)C3)nc3c(C)cccn3c2=O)SC1=S. The Labute approximate surface area is 191 Å². The standard InChI is InChI=1S/C22H26N4O3S2/c1-5-8-26-21(28)17(31-22(26)30)10-16-19(24-11-14(3)29-15(4)12-24)23-18-13(2)7-6-9-25(18)20(16)27/h6-7,9-10,14-15H,5,8,11-12H2,1-4H3/b17-10+/t14-,15-/m0/s1. The number of aryl methyl sites for hydroxylation is 1. The van der Waals surface area contributed by atoms with Crippen molar-refractivity contribution in [2.45, 2.75) is 46.3 Å². The summed E-state index contributed by atoms with van der Waals surface area (Å²) in [6.07, 6.45) is 4.21. The van der Waals surface area contributed by atoms with Crippen LogP contribution in [0.15, 0.2) is 28.0 Å². The molecule has 0 unspecified atom stereocenters. The quantitative estimate of drug-likeness (QED) is 0.515. The number of morpholine rings is 1. The van der Waals surface area contributed by atoms with Crippen LogP contribution in [0.4, 0.5) is 5.82 Å². The second-order valence-corrected chi connectivity index (χ2v) is 9.71. The highest BCUT2D eigenvalue weighted by Crippen LogP contribution is 2.34. The van der Waals surface area contributed by atoms with Gasteiger partial charge in [0.1, 0.15) is 15.8 Å². The molecule has 4 rings (SSSR count). The maximum Gasteiger partial charge on any atom is 0.267 e. The first kappa shape index (κ1) is 22.0. The average molecular weight is 459 g/mol. The molecule has 2 saturated heterocycles. The molecule has 7 nitrogen and oxygen atoms in total. The van der Waals surface area contributed by atoms with E-state index >= 15 is 0 Å². The molecule has 2 aliphatic heterocycles. The first-order valence-electron chi connectivity index (χ1n) is 10.5. The van der Waals surface area contributed by atoms with Gasteiger partial charge in [-0.3, -0.25) is 18.9 Å². The van der Waals surface area contributed by atoms with Crippen molar-refractivity contribution >= 4 is 51.7 Å². The number of fused-ring (bicyclic) bond motifs is 1. The number of anilines is 1. The molecule has 2 fully saturated rings. The molecule has 0 N–H and O–H groups in total. The number of thioether (sulfide) groups is 1. The van der Waals surface area contributed by atoms with Gasteiger partial charge in [-0.15, -0.1) is 0 Å². The van der Waals surface area contributed by atoms with Gasteiger partial charge in [0.2, 0.25) is 0 Å². The van der Waals surface area contributed by atoms with Crippen LogP contribution < -0.4 is 10.5 Å². The zero-order chi connectivity index (χ0) is 22.3. The number of ether oxygens (including phenoxy) is 1. The number of hydrogen-bond donors (Lipinski definition) is 0. The van der Waals surface area contributed by atoms with Crippen LogP contribution in [-0.4, -0.2) is 56.4 Å². The Morgan fingerprint density at radius 3 is 2.68 bits per heavy atom. The molecule has 31 heavy (non-hydrogen) atoms. The Balaban J connectivity index is 1.89. The van der Waals surface area contributed by atoms with Crippen LogP contribution in [0, 0.1) is 6.92 Å². The average Bonchev–Trinajstić information content (AvgIpc) is 2.97. The van der Waals surface area contributed by atoms with Gasteiger partial charge in [0.25, 0.3) is 11.5 Å². The van der Waals surface area contributed by atoms with Gasteiger partial charge in [-0.1, -0.05) is 37.0 Å². The molecule has 0 aromatic carbocycles. The van der Waals surface area contributed by atoms with E-state index in [1.165, 1.54) is 11.8 Å². The molecule has 0 spiro atoms. The van der Waals surface area contributed by atoms with E-state index in [0.717, 1.165) is 12.0 Å². The molecule has 0 aliphatic carbocycles. The van der Waals surface area contributed by atoms with E-state index in [1.54, 1.807) is 21.6 Å². The lowest BCUT2D eigenvalue weighted by Gasteiger charge is -2.36. The summed E-state index contributed by atoms with van der Waals surface area (Å²) < 4.78 is 7.95. The summed E-state index contributed by atoms with van der Waals surface area (Å²) in [5.41, 5.74) is 1.73. The number of rotatable bonds is 4. The van der Waals surface area contributed by atoms with E-state index in [0.29, 0.717) is 45.9 Å². The fraction of sp³-hybridized carbons (Fsp3) is 0.455. The summed E-state index contributed by atoms with van der Waals surface area (Å²) in [7, 11) is 0. The van der Waals surface area contributed by atoms with Gasteiger partial charge in [-0.05, 0) is 44.9 Å². The third-order valence-electron chi connectivity index (χ3n) is 5.38. The lowest BCUT2D eigenvalue weighted by Crippen LogP contribution is -2.46. The van der Waals surface area contributed by atoms with Gasteiger partial charge < -0.3 is 9.64 Å². The molecule has 2 atom stereocenters. The third kappa shape index (κ3) is 4.14. The van der Waals surface area contributed by atoms with Crippen LogP contribution in [-0.2, 0) is 9.53 Å². The second-order valence-electron chi connectivity index (χ2n) is 8.03. The normalized spacial score (nSPS) is 23.4. The van der Waals surface area contributed by atoms with Crippen molar-refractivity contribution in [2.75, 3.05) is 24.5 Å². The summed E-state index contributed by atoms with van der Waals surface area (Å²) >= 11 is 6.63. The van der Waals surface area contributed by atoms with Crippen molar-refractivity contribution < 1.29 is 9.53 Å². The Hall–Kier alpha value is -2.23. The minimum absolute atomic E-state index is 0.0106. The zero-order valence-corrected chi connectivity index (χ0v) is 19.8. The van der Waals surface area contributed by atoms with Gasteiger partial charge in [0.15, 0.2) is 0 Å². The van der Waals surface area contributed by atoms with Gasteiger partial charge in [0, 0.05) is 25.8 Å². The summed E-state index contributed by atoms with van der Waals surface area (Å²) in [6, 6.07) is 3.76. The van der Waals surface area contributed by atoms with E-state index in [4.69, 9.17) is 21.9 Å². The zero-order valence-electron chi connectivity index (χ0n) is 18.1. The number of carbonyl (C=O) groups excluding carboxylic acids is 1. The molecule has 0 radical (unpaired) electrons. The number of aromatic nitrogens is 2. The fourth-order valence-electron chi connectivity index (χ4n) is 4.07. The van der Waals surface area contributed by atoms with Crippen LogP contribution in [0.25, 0.3) is 11.7 Å². The summed E-state index contributed by atoms with van der Waals surface area (Å²) in [5.74, 6) is 0.433. The number of nitrogens with zero attached hydrogens (tertiary/aromatic N) is 4. The van der Waals surface area contributed by atoms with Crippen LogP contribution in [0.3, 0.4) is 0 Å². The molecule has 2 aromatic heterocycles. The highest BCUT2D eigenvalue weighted by Gasteiger charge is 2.33. The molecular weight excluding hydrogens is 432 g/mol. The summed E-state index contributed by atoms with van der Waals surface area (Å²) in [5, 5.41) is 0. The Morgan fingerprint density at radius 2 is 2.00 bits per heavy atom. The van der Waals surface area contributed by atoms with E-state index < -0.39 is 0 Å². The van der Waals surface area contributed by atoms with Crippen molar-refractivity contribution in [3.63, 3.8) is 0 Å². The number of amides is 1. The maximum absolute atomic E-state index is 13.5. The van der Waals surface area contributed by atoms with Crippen LogP contribution >= 0.6 is 24.0 Å². The van der Waals surface area contributed by atoms with Crippen molar-refractivity contribution in [3.8, 4) is 0 Å². The number of pyridine rings is 1. The van der Waals surface area contributed by atoms with Crippen molar-refractivity contribution in [1.29, 1.82) is 0 Å². The minimum atomic E-state index is -0.198. The topological polar surface area (TPSA) is 67.2 Å². The second kappa shape index (κ2) is 8.72. The van der Waals surface area contributed by atoms with Gasteiger partial charge in [-0.25, -0.2) is 4.98 Å². The summed E-state index contributed by atoms with van der Waals surface area (Å²) in [6.45, 7) is 9.78. The van der Waals surface area contributed by atoms with Gasteiger partial charge in [-0.2, -0.15) is 0 Å². The van der Waals surface area contributed by atoms with E-state index in [1.807, 2.05) is 39.8 Å². The fourth-order valence-corrected chi connectivity index (χ4v) is 5.36. The molecule has 164 valence electrons. The largest absolute Gasteiger partial charge is 0.372 e. The molecule has 0 bridgehead atoms. The van der Waals surface area contributed by atoms with Crippen molar-refractivity contribution in [2.24, 2.45) is 0 Å². The van der Waals surface area contributed by atoms with E-state index in [9.17, 15) is 9.59 Å². The van der Waals surface area contributed by atoms with E-state index in [2.05, 4.69) is 4.90 Å². The third-order valence-corrected chi connectivity index (χ3v) is 6.76. The first-order chi connectivity index (χ1) is 14.8. The minimum Gasteiger partial charge on any atom is -0.372 e. The van der Waals surface area contributed by atoms with Crippen LogP contribution in [0.5, 0.6) is 0 Å². The Bertz CT molecular complexity index is 1130. The Morgan fingerprint density at radius 1 is 1.29 bits per heavy atom. The maximum atomic E-state index is 13.5. The predicted molar refractivity (Wildman–Crippen MR) is 129 cm³/mol. The van der Waals surface area contributed by atoms with Crippen LogP contribution in [0.2, 0.25) is 0 Å². The van der Waals surface area contributed by atoms with E-state index in [-0.39, 0.29) is 23.7 Å². The molecule has 0 saturated carbocycles. The molecule has 2 aromatic rings. The lowest BCUT2D eigenvalue weighted by atomic mass is 10.1. The molecule has 1 amide bonds. The first-order valence-corrected chi connectivity index (χ1v) is 11.7. The lowest BCUT2D eigenvalue weighted by molar-refractivity contribution is -0.122. The number of thiocarbonyl (C=S) groups is 1. The highest BCUT2D eigenvalue weighted by atomic mass is 32.2. The van der Waals surface area contributed by atoms with Crippen LogP contribution in [0.1, 0.15) is 38.3 Å². The van der Waals surface area contributed by atoms with Gasteiger partial charge >= 0.3 is 0 Å². The van der Waals surface area contributed by atoms with Crippen molar-refractivity contribution in [1.82, 2.24) is 14.3 Å². The monoisotopic (exact) mass is 458 g/mol. The highest BCUT2D eigenvalue weighted by molar-refractivity contribution is 8.26. The molecule has 9 heteroatoms. The van der Waals surface area contributed by atoms with Gasteiger partial charge in [0.05, 0.1) is 22.7 Å². The smallest absolute Gasteiger partial charge is 0.267 e. The predicted octanol–water partition coefficient (Wildman–Crippen LogP) is 3.23. The molecule has 2 aliphatic rings.